The van der Waals surface area contributed by atoms with E-state index in [0.29, 0.717) is 6.04 Å². The van der Waals surface area contributed by atoms with Gasteiger partial charge in [0.15, 0.2) is 0 Å². The van der Waals surface area contributed by atoms with E-state index in [1.54, 1.807) is 7.11 Å². The van der Waals surface area contributed by atoms with Crippen LogP contribution in [0.25, 0.3) is 0 Å². The third kappa shape index (κ3) is 3.94. The molecule has 1 aliphatic heterocycles. The fraction of sp³-hybridized carbons (Fsp3) is 1.00. The molecular formula is C14H27NO2. The Hall–Kier alpha value is -0.120. The first-order valence-electron chi connectivity index (χ1n) is 7.21. The minimum absolute atomic E-state index is 0.252. The Kier molecular flexibility index (Phi) is 5.26. The van der Waals surface area contributed by atoms with Gasteiger partial charge < -0.3 is 14.8 Å². The van der Waals surface area contributed by atoms with Gasteiger partial charge in [0.1, 0.15) is 0 Å². The molecule has 1 heterocycles. The van der Waals surface area contributed by atoms with Crippen molar-refractivity contribution in [2.75, 3.05) is 26.9 Å². The van der Waals surface area contributed by atoms with E-state index in [1.165, 1.54) is 44.9 Å². The van der Waals surface area contributed by atoms with Crippen LogP contribution in [-0.2, 0) is 9.47 Å². The summed E-state index contributed by atoms with van der Waals surface area (Å²) in [5.74, 6) is 0. The highest BCUT2D eigenvalue weighted by Gasteiger charge is 2.39. The average Bonchev–Trinajstić information content (AvgIpc) is 2.77. The van der Waals surface area contributed by atoms with Gasteiger partial charge in [0.2, 0.25) is 0 Å². The van der Waals surface area contributed by atoms with Crippen molar-refractivity contribution in [3.05, 3.63) is 0 Å². The lowest BCUT2D eigenvalue weighted by Gasteiger charge is -2.38. The third-order valence-corrected chi connectivity index (χ3v) is 4.22. The van der Waals surface area contributed by atoms with Crippen molar-refractivity contribution in [2.45, 2.75) is 63.0 Å². The quantitative estimate of drug-likeness (QED) is 0.725. The van der Waals surface area contributed by atoms with Crippen molar-refractivity contribution in [1.29, 1.82) is 0 Å². The summed E-state index contributed by atoms with van der Waals surface area (Å²) >= 11 is 0. The summed E-state index contributed by atoms with van der Waals surface area (Å²) in [6.07, 6.45) is 10.1. The van der Waals surface area contributed by atoms with E-state index in [9.17, 15) is 0 Å². The maximum absolute atomic E-state index is 6.04. The molecule has 0 radical (unpaired) electrons. The topological polar surface area (TPSA) is 30.5 Å². The van der Waals surface area contributed by atoms with E-state index in [2.05, 4.69) is 5.32 Å². The highest BCUT2D eigenvalue weighted by molar-refractivity contribution is 4.93. The Balaban J connectivity index is 1.63. The van der Waals surface area contributed by atoms with Crippen molar-refractivity contribution < 1.29 is 9.47 Å². The molecule has 3 nitrogen and oxygen atoms in total. The SMILES string of the molecule is COCCCCNC1CCOC2(CCCC2)C1. The molecule has 1 N–H and O–H groups in total. The van der Waals surface area contributed by atoms with Gasteiger partial charge in [0.05, 0.1) is 5.60 Å². The number of hydrogen-bond donors (Lipinski definition) is 1. The number of hydrogen-bond acceptors (Lipinski definition) is 3. The fourth-order valence-corrected chi connectivity index (χ4v) is 3.25. The minimum Gasteiger partial charge on any atom is -0.385 e. The van der Waals surface area contributed by atoms with E-state index in [-0.39, 0.29) is 5.60 Å². The number of nitrogens with one attached hydrogen (secondary N) is 1. The first-order valence-corrected chi connectivity index (χ1v) is 7.21. The molecule has 100 valence electrons. The summed E-state index contributed by atoms with van der Waals surface area (Å²) in [5, 5.41) is 3.70. The molecule has 2 rings (SSSR count). The summed E-state index contributed by atoms with van der Waals surface area (Å²) in [6.45, 7) is 2.97. The van der Waals surface area contributed by atoms with E-state index in [4.69, 9.17) is 9.47 Å². The van der Waals surface area contributed by atoms with Crippen LogP contribution < -0.4 is 5.32 Å². The molecule has 1 unspecified atom stereocenters. The van der Waals surface area contributed by atoms with Crippen molar-refractivity contribution in [1.82, 2.24) is 5.32 Å². The van der Waals surface area contributed by atoms with Gasteiger partial charge in [0.25, 0.3) is 0 Å². The molecule has 1 atom stereocenters. The van der Waals surface area contributed by atoms with Crippen LogP contribution >= 0.6 is 0 Å². The normalized spacial score (nSPS) is 27.7. The Bertz CT molecular complexity index is 214. The first-order chi connectivity index (χ1) is 8.35. The maximum atomic E-state index is 6.04. The van der Waals surface area contributed by atoms with Crippen LogP contribution in [0, 0.1) is 0 Å². The Morgan fingerprint density at radius 1 is 1.29 bits per heavy atom. The predicted molar refractivity (Wildman–Crippen MR) is 69.3 cm³/mol. The molecule has 0 amide bonds. The fourth-order valence-electron chi connectivity index (χ4n) is 3.25. The predicted octanol–water partition coefficient (Wildman–Crippen LogP) is 2.49. The van der Waals surface area contributed by atoms with Gasteiger partial charge in [0, 0.05) is 26.4 Å². The minimum atomic E-state index is 0.252. The van der Waals surface area contributed by atoms with Crippen LogP contribution in [0.2, 0.25) is 0 Å². The Morgan fingerprint density at radius 3 is 2.88 bits per heavy atom. The second-order valence-corrected chi connectivity index (χ2v) is 5.58. The molecule has 1 aliphatic carbocycles. The van der Waals surface area contributed by atoms with E-state index >= 15 is 0 Å². The summed E-state index contributed by atoms with van der Waals surface area (Å²) in [7, 11) is 1.77. The summed E-state index contributed by atoms with van der Waals surface area (Å²) in [6, 6.07) is 0.685. The maximum Gasteiger partial charge on any atom is 0.0697 e. The lowest BCUT2D eigenvalue weighted by atomic mass is 9.89. The van der Waals surface area contributed by atoms with Crippen LogP contribution in [0.4, 0.5) is 0 Å². The molecule has 0 bridgehead atoms. The summed E-state index contributed by atoms with van der Waals surface area (Å²) in [4.78, 5) is 0. The molecule has 2 aliphatic rings. The smallest absolute Gasteiger partial charge is 0.0697 e. The summed E-state index contributed by atoms with van der Waals surface area (Å²) < 4.78 is 11.1. The van der Waals surface area contributed by atoms with Gasteiger partial charge in [-0.3, -0.25) is 0 Å². The molecule has 0 aromatic heterocycles. The molecule has 3 heteroatoms. The van der Waals surface area contributed by atoms with E-state index in [1.807, 2.05) is 0 Å². The zero-order valence-corrected chi connectivity index (χ0v) is 11.2. The van der Waals surface area contributed by atoms with Crippen molar-refractivity contribution in [3.8, 4) is 0 Å². The van der Waals surface area contributed by atoms with Gasteiger partial charge in [-0.15, -0.1) is 0 Å². The summed E-state index contributed by atoms with van der Waals surface area (Å²) in [5.41, 5.74) is 0.252. The molecule has 2 fully saturated rings. The first kappa shape index (κ1) is 13.3. The third-order valence-electron chi connectivity index (χ3n) is 4.22. The molecule has 0 aromatic carbocycles. The van der Waals surface area contributed by atoms with E-state index < -0.39 is 0 Å². The number of ether oxygens (including phenoxy) is 2. The lowest BCUT2D eigenvalue weighted by molar-refractivity contribution is -0.0835. The van der Waals surface area contributed by atoms with Crippen LogP contribution in [-0.4, -0.2) is 38.5 Å². The second kappa shape index (κ2) is 6.72. The monoisotopic (exact) mass is 241 g/mol. The zero-order chi connectivity index (χ0) is 12.0. The van der Waals surface area contributed by atoms with Crippen molar-refractivity contribution in [2.24, 2.45) is 0 Å². The van der Waals surface area contributed by atoms with Crippen LogP contribution in [0.5, 0.6) is 0 Å². The Labute approximate surface area is 105 Å². The van der Waals surface area contributed by atoms with Gasteiger partial charge in [-0.05, 0) is 45.1 Å². The molecule has 0 aromatic rings. The van der Waals surface area contributed by atoms with Crippen LogP contribution in [0.1, 0.15) is 51.4 Å². The standard InChI is InChI=1S/C14H27NO2/c1-16-10-5-4-9-15-13-6-11-17-14(12-13)7-2-3-8-14/h13,15H,2-12H2,1H3. The van der Waals surface area contributed by atoms with Crippen LogP contribution in [0.3, 0.4) is 0 Å². The van der Waals surface area contributed by atoms with Gasteiger partial charge in [-0.1, -0.05) is 12.8 Å². The van der Waals surface area contributed by atoms with Gasteiger partial charge >= 0.3 is 0 Å². The van der Waals surface area contributed by atoms with Crippen molar-refractivity contribution in [3.63, 3.8) is 0 Å². The number of rotatable bonds is 6. The number of unbranched alkanes of at least 4 members (excludes halogenated alkanes) is 1. The van der Waals surface area contributed by atoms with Gasteiger partial charge in [-0.2, -0.15) is 0 Å². The van der Waals surface area contributed by atoms with E-state index in [0.717, 1.165) is 26.2 Å². The molecular weight excluding hydrogens is 214 g/mol. The molecule has 1 saturated carbocycles. The number of methoxy groups -OCH3 is 1. The molecule has 17 heavy (non-hydrogen) atoms. The molecule has 1 saturated heterocycles. The zero-order valence-electron chi connectivity index (χ0n) is 11.2. The lowest BCUT2D eigenvalue weighted by Crippen LogP contribution is -2.45. The largest absolute Gasteiger partial charge is 0.385 e. The average molecular weight is 241 g/mol. The Morgan fingerprint density at radius 2 is 2.12 bits per heavy atom. The second-order valence-electron chi connectivity index (χ2n) is 5.58. The highest BCUT2D eigenvalue weighted by Crippen LogP contribution is 2.39. The van der Waals surface area contributed by atoms with Crippen molar-refractivity contribution >= 4 is 0 Å². The highest BCUT2D eigenvalue weighted by atomic mass is 16.5. The van der Waals surface area contributed by atoms with Crippen LogP contribution in [0.15, 0.2) is 0 Å². The molecule has 1 spiro atoms. The van der Waals surface area contributed by atoms with Gasteiger partial charge in [-0.25, -0.2) is 0 Å².